The highest BCUT2D eigenvalue weighted by molar-refractivity contribution is 5.63. The first-order chi connectivity index (χ1) is 8.74. The van der Waals surface area contributed by atoms with Gasteiger partial charge in [-0.25, -0.2) is 18.7 Å². The van der Waals surface area contributed by atoms with Crippen LogP contribution in [-0.4, -0.2) is 14.4 Å². The van der Waals surface area contributed by atoms with E-state index >= 15 is 0 Å². The van der Waals surface area contributed by atoms with Gasteiger partial charge in [0.25, 0.3) is 6.43 Å². The SMILES string of the molecule is FC(F)c1cccc(-c2cnc3cncn3c2)c1. The van der Waals surface area contributed by atoms with Gasteiger partial charge in [-0.05, 0) is 11.6 Å². The first-order valence-corrected chi connectivity index (χ1v) is 5.40. The van der Waals surface area contributed by atoms with Gasteiger partial charge in [-0.3, -0.25) is 4.40 Å². The fraction of sp³-hybridized carbons (Fsp3) is 0.0769. The number of aromatic nitrogens is 3. The number of hydrogen-bond donors (Lipinski definition) is 0. The maximum atomic E-state index is 12.6. The van der Waals surface area contributed by atoms with Gasteiger partial charge < -0.3 is 0 Å². The third-order valence-corrected chi connectivity index (χ3v) is 2.73. The van der Waals surface area contributed by atoms with Crippen LogP contribution in [0.2, 0.25) is 0 Å². The van der Waals surface area contributed by atoms with Gasteiger partial charge in [0.15, 0.2) is 5.65 Å². The maximum Gasteiger partial charge on any atom is 0.263 e. The molecule has 0 aliphatic carbocycles. The normalized spacial score (nSPS) is 11.3. The van der Waals surface area contributed by atoms with E-state index in [4.69, 9.17) is 0 Å². The number of rotatable bonds is 2. The molecule has 90 valence electrons. The zero-order chi connectivity index (χ0) is 12.5. The van der Waals surface area contributed by atoms with Crippen LogP contribution < -0.4 is 0 Å². The number of alkyl halides is 2. The molecule has 18 heavy (non-hydrogen) atoms. The van der Waals surface area contributed by atoms with E-state index in [1.54, 1.807) is 35.3 Å². The van der Waals surface area contributed by atoms with Crippen LogP contribution in [0.4, 0.5) is 8.78 Å². The van der Waals surface area contributed by atoms with Crippen molar-refractivity contribution in [3.8, 4) is 11.1 Å². The number of nitrogens with zero attached hydrogens (tertiary/aromatic N) is 3. The Balaban J connectivity index is 2.10. The van der Waals surface area contributed by atoms with Crippen molar-refractivity contribution in [2.75, 3.05) is 0 Å². The van der Waals surface area contributed by atoms with Crippen molar-refractivity contribution in [2.45, 2.75) is 6.43 Å². The number of fused-ring (bicyclic) bond motifs is 1. The van der Waals surface area contributed by atoms with E-state index < -0.39 is 6.43 Å². The molecule has 0 aliphatic heterocycles. The maximum absolute atomic E-state index is 12.6. The molecule has 0 saturated heterocycles. The predicted molar refractivity (Wildman–Crippen MR) is 63.4 cm³/mol. The van der Waals surface area contributed by atoms with Crippen LogP contribution >= 0.6 is 0 Å². The summed E-state index contributed by atoms with van der Waals surface area (Å²) in [5.41, 5.74) is 2.24. The minimum Gasteiger partial charge on any atom is -0.290 e. The molecule has 3 rings (SSSR count). The summed E-state index contributed by atoms with van der Waals surface area (Å²) in [6.07, 6.45) is 4.28. The van der Waals surface area contributed by atoms with Crippen LogP contribution in [0.1, 0.15) is 12.0 Å². The standard InChI is InChI=1S/C13H9F2N3/c14-13(15)10-3-1-2-9(4-10)11-5-17-12-6-16-8-18(12)7-11/h1-8,13H. The summed E-state index contributed by atoms with van der Waals surface area (Å²) in [7, 11) is 0. The quantitative estimate of drug-likeness (QED) is 0.693. The summed E-state index contributed by atoms with van der Waals surface area (Å²) in [5, 5.41) is 0. The van der Waals surface area contributed by atoms with Gasteiger partial charge in [-0.2, -0.15) is 0 Å². The van der Waals surface area contributed by atoms with Crippen molar-refractivity contribution in [3.63, 3.8) is 0 Å². The summed E-state index contributed by atoms with van der Waals surface area (Å²) >= 11 is 0. The molecule has 0 amide bonds. The fourth-order valence-electron chi connectivity index (χ4n) is 1.82. The first-order valence-electron chi connectivity index (χ1n) is 5.40. The average molecular weight is 245 g/mol. The van der Waals surface area contributed by atoms with Crippen LogP contribution in [0.5, 0.6) is 0 Å². The summed E-state index contributed by atoms with van der Waals surface area (Å²) < 4.78 is 27.0. The lowest BCUT2D eigenvalue weighted by Crippen LogP contribution is -1.90. The molecular weight excluding hydrogens is 236 g/mol. The van der Waals surface area contributed by atoms with Crippen LogP contribution in [0.25, 0.3) is 16.8 Å². The largest absolute Gasteiger partial charge is 0.290 e. The molecule has 5 heteroatoms. The van der Waals surface area contributed by atoms with Gasteiger partial charge in [-0.1, -0.05) is 18.2 Å². The van der Waals surface area contributed by atoms with Gasteiger partial charge in [0.1, 0.15) is 6.33 Å². The molecule has 3 aromatic rings. The van der Waals surface area contributed by atoms with E-state index in [1.165, 1.54) is 12.1 Å². The topological polar surface area (TPSA) is 30.2 Å². The Bertz CT molecular complexity index is 691. The molecule has 0 aliphatic rings. The zero-order valence-corrected chi connectivity index (χ0v) is 9.29. The Morgan fingerprint density at radius 2 is 2.00 bits per heavy atom. The number of imidazole rings is 1. The smallest absolute Gasteiger partial charge is 0.263 e. The Morgan fingerprint density at radius 3 is 2.83 bits per heavy atom. The van der Waals surface area contributed by atoms with Crippen molar-refractivity contribution in [3.05, 3.63) is 54.7 Å². The van der Waals surface area contributed by atoms with E-state index in [2.05, 4.69) is 9.97 Å². The van der Waals surface area contributed by atoms with E-state index in [-0.39, 0.29) is 5.56 Å². The Kier molecular flexibility index (Phi) is 2.51. The molecule has 0 N–H and O–H groups in total. The van der Waals surface area contributed by atoms with E-state index in [1.807, 2.05) is 6.20 Å². The Morgan fingerprint density at radius 1 is 1.11 bits per heavy atom. The second-order valence-corrected chi connectivity index (χ2v) is 3.93. The molecule has 0 saturated carbocycles. The van der Waals surface area contributed by atoms with Gasteiger partial charge >= 0.3 is 0 Å². The van der Waals surface area contributed by atoms with Crippen LogP contribution in [0.3, 0.4) is 0 Å². The highest BCUT2D eigenvalue weighted by Gasteiger charge is 2.08. The molecule has 0 unspecified atom stereocenters. The molecule has 0 atom stereocenters. The van der Waals surface area contributed by atoms with Crippen molar-refractivity contribution < 1.29 is 8.78 Å². The molecule has 0 radical (unpaired) electrons. The average Bonchev–Trinajstić information content (AvgIpc) is 2.86. The molecule has 0 spiro atoms. The summed E-state index contributed by atoms with van der Waals surface area (Å²) in [6, 6.07) is 6.29. The predicted octanol–water partition coefficient (Wildman–Crippen LogP) is 3.33. The van der Waals surface area contributed by atoms with Crippen molar-refractivity contribution in [1.82, 2.24) is 14.4 Å². The molecule has 0 bridgehead atoms. The summed E-state index contributed by atoms with van der Waals surface area (Å²) in [4.78, 5) is 8.17. The molecule has 2 aromatic heterocycles. The van der Waals surface area contributed by atoms with Gasteiger partial charge in [-0.15, -0.1) is 0 Å². The lowest BCUT2D eigenvalue weighted by molar-refractivity contribution is 0.151. The first kappa shape index (κ1) is 10.8. The van der Waals surface area contributed by atoms with E-state index in [9.17, 15) is 8.78 Å². The molecule has 3 nitrogen and oxygen atoms in total. The lowest BCUT2D eigenvalue weighted by atomic mass is 10.1. The second kappa shape index (κ2) is 4.18. The minimum absolute atomic E-state index is 0.0122. The van der Waals surface area contributed by atoms with Gasteiger partial charge in [0.2, 0.25) is 0 Å². The third kappa shape index (κ3) is 1.84. The Labute approximate surface area is 102 Å². The van der Waals surface area contributed by atoms with E-state index in [0.717, 1.165) is 16.8 Å². The summed E-state index contributed by atoms with van der Waals surface area (Å²) in [5.74, 6) is 0. The van der Waals surface area contributed by atoms with Crippen molar-refractivity contribution in [2.24, 2.45) is 0 Å². The zero-order valence-electron chi connectivity index (χ0n) is 9.29. The number of hydrogen-bond acceptors (Lipinski definition) is 2. The highest BCUT2D eigenvalue weighted by Crippen LogP contribution is 2.25. The number of benzene rings is 1. The Hall–Kier alpha value is -2.30. The van der Waals surface area contributed by atoms with Crippen molar-refractivity contribution >= 4 is 5.65 Å². The van der Waals surface area contributed by atoms with E-state index in [0.29, 0.717) is 0 Å². The third-order valence-electron chi connectivity index (χ3n) is 2.73. The van der Waals surface area contributed by atoms with Crippen LogP contribution in [-0.2, 0) is 0 Å². The van der Waals surface area contributed by atoms with Gasteiger partial charge in [0.05, 0.1) is 6.20 Å². The summed E-state index contributed by atoms with van der Waals surface area (Å²) in [6.45, 7) is 0. The molecule has 0 fully saturated rings. The fourth-order valence-corrected chi connectivity index (χ4v) is 1.82. The van der Waals surface area contributed by atoms with Crippen LogP contribution in [0.15, 0.2) is 49.2 Å². The lowest BCUT2D eigenvalue weighted by Gasteiger charge is -2.05. The molecule has 2 heterocycles. The minimum atomic E-state index is -2.46. The molecular formula is C13H9F2N3. The second-order valence-electron chi connectivity index (χ2n) is 3.93. The monoisotopic (exact) mass is 245 g/mol. The van der Waals surface area contributed by atoms with Crippen molar-refractivity contribution in [1.29, 1.82) is 0 Å². The number of halogens is 2. The van der Waals surface area contributed by atoms with Gasteiger partial charge in [0, 0.05) is 23.5 Å². The highest BCUT2D eigenvalue weighted by atomic mass is 19.3. The molecule has 1 aromatic carbocycles. The van der Waals surface area contributed by atoms with Crippen LogP contribution in [0, 0.1) is 0 Å².